The van der Waals surface area contributed by atoms with E-state index in [0.717, 1.165) is 40.3 Å². The van der Waals surface area contributed by atoms with Gasteiger partial charge in [0.25, 0.3) is 5.91 Å². The summed E-state index contributed by atoms with van der Waals surface area (Å²) in [6.07, 6.45) is 1.43. The van der Waals surface area contributed by atoms with Crippen LogP contribution in [0.1, 0.15) is 77.9 Å². The van der Waals surface area contributed by atoms with Crippen molar-refractivity contribution in [1.82, 2.24) is 0 Å². The van der Waals surface area contributed by atoms with E-state index in [2.05, 4.69) is 30.6 Å². The molecule has 0 atom stereocenters. The number of halogens is 1. The molecular formula is C31H35FN2O2. The molecule has 0 aliphatic rings. The molecule has 4 nitrogen and oxygen atoms in total. The number of ketones is 1. The van der Waals surface area contributed by atoms with E-state index in [-0.39, 0.29) is 29.2 Å². The van der Waals surface area contributed by atoms with E-state index in [4.69, 9.17) is 5.73 Å². The Morgan fingerprint density at radius 2 is 1.61 bits per heavy atom. The second-order valence-electron chi connectivity index (χ2n) is 8.42. The number of nitrogens with two attached hydrogens (primary N) is 1. The first-order chi connectivity index (χ1) is 17.2. The Labute approximate surface area is 213 Å². The fourth-order valence-electron chi connectivity index (χ4n) is 3.76. The highest BCUT2D eigenvalue weighted by Gasteiger charge is 2.15. The summed E-state index contributed by atoms with van der Waals surface area (Å²) in [5, 5.41) is 0. The normalized spacial score (nSPS) is 10.9. The first kappa shape index (κ1) is 28.4. The van der Waals surface area contributed by atoms with E-state index < -0.39 is 11.7 Å². The Hall–Kier alpha value is -3.86. The Balaban J connectivity index is 0.00000222. The first-order valence-electron chi connectivity index (χ1n) is 12.3. The molecule has 0 unspecified atom stereocenters. The highest BCUT2D eigenvalue weighted by molar-refractivity contribution is 6.09. The molecule has 0 aliphatic carbocycles. The fourth-order valence-corrected chi connectivity index (χ4v) is 3.76. The number of rotatable bonds is 8. The summed E-state index contributed by atoms with van der Waals surface area (Å²) < 4.78 is 14.5. The van der Waals surface area contributed by atoms with Crippen molar-refractivity contribution in [3.05, 3.63) is 106 Å². The second kappa shape index (κ2) is 13.3. The lowest BCUT2D eigenvalue weighted by atomic mass is 9.93. The minimum absolute atomic E-state index is 0.0106. The highest BCUT2D eigenvalue weighted by atomic mass is 19.1. The van der Waals surface area contributed by atoms with Crippen LogP contribution >= 0.6 is 0 Å². The van der Waals surface area contributed by atoms with Crippen LogP contribution in [0.3, 0.4) is 0 Å². The van der Waals surface area contributed by atoms with E-state index in [1.807, 2.05) is 52.0 Å². The molecule has 2 N–H and O–H groups in total. The van der Waals surface area contributed by atoms with Crippen molar-refractivity contribution in [3.63, 3.8) is 0 Å². The third-order valence-corrected chi connectivity index (χ3v) is 5.73. The number of amidine groups is 1. The molecule has 3 aromatic rings. The minimum atomic E-state index is -0.689. The largest absolute Gasteiger partial charge is 0.383 e. The summed E-state index contributed by atoms with van der Waals surface area (Å²) in [4.78, 5) is 29.0. The van der Waals surface area contributed by atoms with Crippen molar-refractivity contribution in [2.75, 3.05) is 0 Å². The van der Waals surface area contributed by atoms with Crippen LogP contribution < -0.4 is 5.73 Å². The molecule has 0 spiro atoms. The van der Waals surface area contributed by atoms with E-state index >= 15 is 0 Å². The van der Waals surface area contributed by atoms with Gasteiger partial charge in [0.05, 0.1) is 5.56 Å². The molecule has 1 amide bonds. The van der Waals surface area contributed by atoms with Gasteiger partial charge in [0.1, 0.15) is 11.7 Å². The molecule has 0 saturated carbocycles. The van der Waals surface area contributed by atoms with Gasteiger partial charge >= 0.3 is 0 Å². The van der Waals surface area contributed by atoms with Crippen LogP contribution in [-0.4, -0.2) is 17.5 Å². The fraction of sp³-hybridized carbons (Fsp3) is 0.258. The number of hydrogen-bond donors (Lipinski definition) is 1. The van der Waals surface area contributed by atoms with E-state index in [9.17, 15) is 14.0 Å². The Morgan fingerprint density at radius 1 is 0.944 bits per heavy atom. The first-order valence-corrected chi connectivity index (χ1v) is 12.3. The standard InChI is InChI=1S/C29H29FN2O2.C2H6/c1-5-20-16-22(12-13-24(20)23-9-7-6-8-19(23)4)29(34)32-28(31)21-11-14-25(26(30)17-21)27(33)15-10-18(2)3;1-2/h6-9,11-14,16-17H,2,5,10,15H2,1,3-4H3,(H2,31,32,34);1-2H3. The smallest absolute Gasteiger partial charge is 0.278 e. The maximum absolute atomic E-state index is 14.5. The number of amides is 1. The number of Topliss-reactive ketones (excluding diaryl/α,β-unsaturated/α-hetero) is 1. The van der Waals surface area contributed by atoms with Crippen LogP contribution in [0.4, 0.5) is 4.39 Å². The minimum Gasteiger partial charge on any atom is -0.383 e. The molecule has 0 bridgehead atoms. The van der Waals surface area contributed by atoms with Gasteiger partial charge in [-0.15, -0.1) is 6.58 Å². The van der Waals surface area contributed by atoms with Crippen LogP contribution in [0.25, 0.3) is 11.1 Å². The van der Waals surface area contributed by atoms with Crippen molar-refractivity contribution in [2.24, 2.45) is 10.7 Å². The molecule has 36 heavy (non-hydrogen) atoms. The number of carbonyl (C=O) groups excluding carboxylic acids is 2. The molecule has 0 aromatic heterocycles. The number of aliphatic imine (C=N–C) groups is 1. The van der Waals surface area contributed by atoms with Gasteiger partial charge in [0.2, 0.25) is 0 Å². The molecule has 0 saturated heterocycles. The van der Waals surface area contributed by atoms with Crippen LogP contribution in [0.5, 0.6) is 0 Å². The molecular weight excluding hydrogens is 451 g/mol. The zero-order valence-corrected chi connectivity index (χ0v) is 21.8. The van der Waals surface area contributed by atoms with Gasteiger partial charge in [0, 0.05) is 17.5 Å². The quantitative estimate of drug-likeness (QED) is 0.155. The lowest BCUT2D eigenvalue weighted by molar-refractivity contribution is 0.0976. The average molecular weight is 487 g/mol. The monoisotopic (exact) mass is 486 g/mol. The van der Waals surface area contributed by atoms with Crippen LogP contribution in [0.2, 0.25) is 0 Å². The van der Waals surface area contributed by atoms with E-state index in [1.54, 1.807) is 6.07 Å². The summed E-state index contributed by atoms with van der Waals surface area (Å²) in [5.41, 5.74) is 11.9. The lowest BCUT2D eigenvalue weighted by Gasteiger charge is -2.12. The van der Waals surface area contributed by atoms with Crippen molar-refractivity contribution < 1.29 is 14.0 Å². The second-order valence-corrected chi connectivity index (χ2v) is 8.42. The summed E-state index contributed by atoms with van der Waals surface area (Å²) >= 11 is 0. The van der Waals surface area contributed by atoms with Crippen molar-refractivity contribution in [2.45, 2.75) is 53.9 Å². The summed E-state index contributed by atoms with van der Waals surface area (Å²) in [5.74, 6) is -1.61. The van der Waals surface area contributed by atoms with Gasteiger partial charge in [-0.25, -0.2) is 4.39 Å². The summed E-state index contributed by atoms with van der Waals surface area (Å²) in [6, 6.07) is 17.6. The number of hydrogen-bond acceptors (Lipinski definition) is 2. The predicted molar refractivity (Wildman–Crippen MR) is 147 cm³/mol. The molecule has 5 heteroatoms. The van der Waals surface area contributed by atoms with E-state index in [1.165, 1.54) is 12.1 Å². The molecule has 3 rings (SSSR count). The van der Waals surface area contributed by atoms with Gasteiger partial charge < -0.3 is 5.73 Å². The van der Waals surface area contributed by atoms with Crippen molar-refractivity contribution in [3.8, 4) is 11.1 Å². The van der Waals surface area contributed by atoms with Gasteiger partial charge in [0.15, 0.2) is 5.78 Å². The number of benzene rings is 3. The zero-order valence-electron chi connectivity index (χ0n) is 21.8. The van der Waals surface area contributed by atoms with E-state index in [0.29, 0.717) is 12.0 Å². The maximum Gasteiger partial charge on any atom is 0.278 e. The third-order valence-electron chi connectivity index (χ3n) is 5.73. The molecule has 188 valence electrons. The number of aryl methyl sites for hydroxylation is 2. The number of allylic oxidation sites excluding steroid dienone is 1. The molecule has 3 aromatic carbocycles. The van der Waals surface area contributed by atoms with Crippen LogP contribution in [0.15, 0.2) is 77.8 Å². The highest BCUT2D eigenvalue weighted by Crippen LogP contribution is 2.28. The van der Waals surface area contributed by atoms with Crippen LogP contribution in [0, 0.1) is 12.7 Å². The topological polar surface area (TPSA) is 72.5 Å². The number of carbonyl (C=O) groups is 2. The van der Waals surface area contributed by atoms with Gasteiger partial charge in [-0.3, -0.25) is 9.59 Å². The van der Waals surface area contributed by atoms with Gasteiger partial charge in [-0.05, 0) is 73.2 Å². The molecule has 0 radical (unpaired) electrons. The maximum atomic E-state index is 14.5. The predicted octanol–water partition coefficient (Wildman–Crippen LogP) is 7.47. The van der Waals surface area contributed by atoms with Crippen molar-refractivity contribution >= 4 is 17.5 Å². The number of nitrogens with zero attached hydrogens (tertiary/aromatic N) is 1. The molecule has 0 fully saturated rings. The Morgan fingerprint density at radius 3 is 2.22 bits per heavy atom. The SMILES string of the molecule is C=C(C)CCC(=O)c1ccc(C(N)=NC(=O)c2ccc(-c3ccccc3C)c(CC)c2)cc1F.CC. The molecule has 0 heterocycles. The zero-order chi connectivity index (χ0) is 26.8. The average Bonchev–Trinajstić information content (AvgIpc) is 2.88. The van der Waals surface area contributed by atoms with Gasteiger partial charge in [-0.2, -0.15) is 4.99 Å². The van der Waals surface area contributed by atoms with Crippen LogP contribution in [-0.2, 0) is 6.42 Å². The summed E-state index contributed by atoms with van der Waals surface area (Å²) in [7, 11) is 0. The molecule has 0 aliphatic heterocycles. The Kier molecular flexibility index (Phi) is 10.5. The summed E-state index contributed by atoms with van der Waals surface area (Å²) in [6.45, 7) is 13.7. The Bertz CT molecular complexity index is 1290. The lowest BCUT2D eigenvalue weighted by Crippen LogP contribution is -2.17. The van der Waals surface area contributed by atoms with Crippen molar-refractivity contribution in [1.29, 1.82) is 0 Å². The third kappa shape index (κ3) is 7.08. The van der Waals surface area contributed by atoms with Gasteiger partial charge in [-0.1, -0.05) is 62.7 Å².